The van der Waals surface area contributed by atoms with Crippen molar-refractivity contribution < 1.29 is 9.53 Å². The van der Waals surface area contributed by atoms with E-state index in [1.54, 1.807) is 23.7 Å². The standard InChI is InChI=1S/C11H11N3O3S/c1-17-8-3-2-5-14(10(8)16)7-9(15)13-11-12-4-6-18-11/h2-6H,7H2,1H3,(H,12,13,15). The molecule has 2 rings (SSSR count). The van der Waals surface area contributed by atoms with Crippen molar-refractivity contribution >= 4 is 22.4 Å². The number of anilines is 1. The van der Waals surface area contributed by atoms with Crippen molar-refractivity contribution in [2.75, 3.05) is 12.4 Å². The molecule has 6 nitrogen and oxygen atoms in total. The van der Waals surface area contributed by atoms with E-state index in [1.165, 1.54) is 29.2 Å². The van der Waals surface area contributed by atoms with Crippen molar-refractivity contribution in [1.29, 1.82) is 0 Å². The van der Waals surface area contributed by atoms with Crippen LogP contribution in [0.1, 0.15) is 0 Å². The number of nitrogens with one attached hydrogen (secondary N) is 1. The summed E-state index contributed by atoms with van der Waals surface area (Å²) in [5.74, 6) is -0.0974. The molecule has 0 unspecified atom stereocenters. The zero-order chi connectivity index (χ0) is 13.0. The van der Waals surface area contributed by atoms with Crippen molar-refractivity contribution in [3.05, 3.63) is 40.3 Å². The molecule has 0 radical (unpaired) electrons. The van der Waals surface area contributed by atoms with E-state index < -0.39 is 0 Å². The molecule has 94 valence electrons. The lowest BCUT2D eigenvalue weighted by Gasteiger charge is -2.06. The van der Waals surface area contributed by atoms with E-state index in [0.29, 0.717) is 5.13 Å². The van der Waals surface area contributed by atoms with Crippen molar-refractivity contribution in [3.8, 4) is 5.75 Å². The molecule has 0 aliphatic rings. The highest BCUT2D eigenvalue weighted by Gasteiger charge is 2.08. The first-order valence-electron chi connectivity index (χ1n) is 5.13. The number of carbonyl (C=O) groups excluding carboxylic acids is 1. The minimum absolute atomic E-state index is 0.0738. The monoisotopic (exact) mass is 265 g/mol. The Morgan fingerprint density at radius 3 is 3.11 bits per heavy atom. The number of aromatic nitrogens is 2. The van der Waals surface area contributed by atoms with Gasteiger partial charge in [-0.3, -0.25) is 9.59 Å². The average Bonchev–Trinajstić information content (AvgIpc) is 2.84. The number of hydrogen-bond donors (Lipinski definition) is 1. The minimum atomic E-state index is -0.339. The minimum Gasteiger partial charge on any atom is -0.491 e. The lowest BCUT2D eigenvalue weighted by atomic mass is 10.4. The van der Waals surface area contributed by atoms with Crippen molar-refractivity contribution in [3.63, 3.8) is 0 Å². The number of rotatable bonds is 4. The van der Waals surface area contributed by atoms with Gasteiger partial charge in [0.1, 0.15) is 6.54 Å². The summed E-state index contributed by atoms with van der Waals surface area (Å²) in [6.07, 6.45) is 3.13. The normalized spacial score (nSPS) is 10.1. The Bertz CT molecular complexity index is 592. The fraction of sp³-hybridized carbons (Fsp3) is 0.182. The maximum absolute atomic E-state index is 11.8. The van der Waals surface area contributed by atoms with Gasteiger partial charge in [0.25, 0.3) is 5.56 Å². The van der Waals surface area contributed by atoms with Gasteiger partial charge in [-0.25, -0.2) is 4.98 Å². The Hall–Kier alpha value is -2.15. The number of pyridine rings is 1. The van der Waals surface area contributed by atoms with E-state index >= 15 is 0 Å². The third-order valence-corrected chi connectivity index (χ3v) is 2.89. The molecule has 0 spiro atoms. The van der Waals surface area contributed by atoms with Crippen LogP contribution in [0.25, 0.3) is 0 Å². The largest absolute Gasteiger partial charge is 0.491 e. The summed E-state index contributed by atoms with van der Waals surface area (Å²) in [4.78, 5) is 27.4. The molecule has 2 aromatic rings. The molecular formula is C11H11N3O3S. The van der Waals surface area contributed by atoms with Gasteiger partial charge in [0, 0.05) is 17.8 Å². The zero-order valence-corrected chi connectivity index (χ0v) is 10.4. The maximum atomic E-state index is 11.8. The van der Waals surface area contributed by atoms with Gasteiger partial charge in [-0.1, -0.05) is 0 Å². The molecule has 2 heterocycles. The molecule has 18 heavy (non-hydrogen) atoms. The lowest BCUT2D eigenvalue weighted by molar-refractivity contribution is -0.116. The molecule has 7 heteroatoms. The summed E-state index contributed by atoms with van der Waals surface area (Å²) < 4.78 is 6.18. The van der Waals surface area contributed by atoms with Gasteiger partial charge in [-0.2, -0.15) is 0 Å². The Labute approximate surface area is 107 Å². The topological polar surface area (TPSA) is 73.2 Å². The molecule has 0 fully saturated rings. The summed E-state index contributed by atoms with van der Waals surface area (Å²) in [5, 5.41) is 4.87. The molecule has 0 aliphatic heterocycles. The number of carbonyl (C=O) groups is 1. The second kappa shape index (κ2) is 5.46. The third kappa shape index (κ3) is 2.75. The van der Waals surface area contributed by atoms with Crippen molar-refractivity contribution in [2.24, 2.45) is 0 Å². The maximum Gasteiger partial charge on any atom is 0.293 e. The Balaban J connectivity index is 2.10. The van der Waals surface area contributed by atoms with E-state index in [-0.39, 0.29) is 23.8 Å². The quantitative estimate of drug-likeness (QED) is 0.893. The Morgan fingerprint density at radius 1 is 1.61 bits per heavy atom. The van der Waals surface area contributed by atoms with E-state index in [2.05, 4.69) is 10.3 Å². The highest BCUT2D eigenvalue weighted by atomic mass is 32.1. The predicted octanol–water partition coefficient (Wildman–Crippen LogP) is 0.952. The summed E-state index contributed by atoms with van der Waals surface area (Å²) in [6, 6.07) is 3.20. The van der Waals surface area contributed by atoms with Gasteiger partial charge in [0.15, 0.2) is 10.9 Å². The molecular weight excluding hydrogens is 254 g/mol. The van der Waals surface area contributed by atoms with Crippen LogP contribution in [0.3, 0.4) is 0 Å². The van der Waals surface area contributed by atoms with Crippen LogP contribution in [0.2, 0.25) is 0 Å². The van der Waals surface area contributed by atoms with Crippen LogP contribution < -0.4 is 15.6 Å². The first-order valence-corrected chi connectivity index (χ1v) is 6.01. The SMILES string of the molecule is COc1cccn(CC(=O)Nc2nccs2)c1=O. The van der Waals surface area contributed by atoms with Crippen LogP contribution in [0, 0.1) is 0 Å². The van der Waals surface area contributed by atoms with E-state index in [0.717, 1.165) is 0 Å². The molecule has 0 bridgehead atoms. The van der Waals surface area contributed by atoms with E-state index in [1.807, 2.05) is 0 Å². The summed E-state index contributed by atoms with van der Waals surface area (Å²) in [6.45, 7) is -0.0738. The second-order valence-electron chi connectivity index (χ2n) is 3.40. The Kier molecular flexibility index (Phi) is 3.73. The van der Waals surface area contributed by atoms with Gasteiger partial charge in [-0.05, 0) is 12.1 Å². The van der Waals surface area contributed by atoms with Gasteiger partial charge < -0.3 is 14.6 Å². The second-order valence-corrected chi connectivity index (χ2v) is 4.29. The molecule has 1 amide bonds. The smallest absolute Gasteiger partial charge is 0.293 e. The number of amides is 1. The fourth-order valence-corrected chi connectivity index (χ4v) is 1.94. The van der Waals surface area contributed by atoms with Crippen LogP contribution in [-0.2, 0) is 11.3 Å². The molecule has 2 aromatic heterocycles. The molecule has 0 atom stereocenters. The predicted molar refractivity (Wildman–Crippen MR) is 68.0 cm³/mol. The third-order valence-electron chi connectivity index (χ3n) is 2.20. The first kappa shape index (κ1) is 12.3. The van der Waals surface area contributed by atoms with Gasteiger partial charge in [-0.15, -0.1) is 11.3 Å². The number of nitrogens with zero attached hydrogens (tertiary/aromatic N) is 2. The van der Waals surface area contributed by atoms with Crippen molar-refractivity contribution in [1.82, 2.24) is 9.55 Å². The Morgan fingerprint density at radius 2 is 2.44 bits per heavy atom. The van der Waals surface area contributed by atoms with Crippen LogP contribution in [0.15, 0.2) is 34.7 Å². The molecule has 0 aromatic carbocycles. The van der Waals surface area contributed by atoms with Gasteiger partial charge in [0.2, 0.25) is 5.91 Å². The number of methoxy groups -OCH3 is 1. The van der Waals surface area contributed by atoms with Crippen LogP contribution >= 0.6 is 11.3 Å². The van der Waals surface area contributed by atoms with Gasteiger partial charge in [0.05, 0.1) is 7.11 Å². The van der Waals surface area contributed by atoms with Crippen molar-refractivity contribution in [2.45, 2.75) is 6.54 Å². The zero-order valence-electron chi connectivity index (χ0n) is 9.62. The number of thiazole rings is 1. The first-order chi connectivity index (χ1) is 8.70. The van der Waals surface area contributed by atoms with Crippen LogP contribution in [0.4, 0.5) is 5.13 Å². The fourth-order valence-electron chi connectivity index (χ4n) is 1.39. The molecule has 0 aliphatic carbocycles. The number of hydrogen-bond acceptors (Lipinski definition) is 5. The lowest BCUT2D eigenvalue weighted by Crippen LogP contribution is -2.27. The van der Waals surface area contributed by atoms with Gasteiger partial charge >= 0.3 is 0 Å². The highest BCUT2D eigenvalue weighted by Crippen LogP contribution is 2.10. The van der Waals surface area contributed by atoms with Crippen LogP contribution in [0.5, 0.6) is 5.75 Å². The average molecular weight is 265 g/mol. The van der Waals surface area contributed by atoms with E-state index in [4.69, 9.17) is 4.74 Å². The van der Waals surface area contributed by atoms with E-state index in [9.17, 15) is 9.59 Å². The van der Waals surface area contributed by atoms with Crippen LogP contribution in [-0.4, -0.2) is 22.6 Å². The number of ether oxygens (including phenoxy) is 1. The molecule has 1 N–H and O–H groups in total. The highest BCUT2D eigenvalue weighted by molar-refractivity contribution is 7.13. The summed E-state index contributed by atoms with van der Waals surface area (Å²) >= 11 is 1.32. The summed E-state index contributed by atoms with van der Waals surface area (Å²) in [7, 11) is 1.41. The molecule has 0 saturated heterocycles. The molecule has 0 saturated carbocycles. The summed E-state index contributed by atoms with van der Waals surface area (Å²) in [5.41, 5.74) is -0.339.